The molecule has 0 aromatic heterocycles. The van der Waals surface area contributed by atoms with Gasteiger partial charge in [-0.3, -0.25) is 4.79 Å². The number of ether oxygens (including phenoxy) is 1. The van der Waals surface area contributed by atoms with Crippen molar-refractivity contribution in [3.05, 3.63) is 29.3 Å². The van der Waals surface area contributed by atoms with Crippen LogP contribution in [0.4, 0.5) is 0 Å². The SMILES string of the molecule is CCOC(=O)CC1CCc2ccc(O)cc2C1. The lowest BCUT2D eigenvalue weighted by Gasteiger charge is -2.23. The van der Waals surface area contributed by atoms with Crippen molar-refractivity contribution in [3.8, 4) is 5.75 Å². The highest BCUT2D eigenvalue weighted by Crippen LogP contribution is 2.29. The van der Waals surface area contributed by atoms with Gasteiger partial charge in [0, 0.05) is 6.42 Å². The molecule has 3 heteroatoms. The van der Waals surface area contributed by atoms with Gasteiger partial charge in [0.25, 0.3) is 0 Å². The molecule has 0 radical (unpaired) electrons. The van der Waals surface area contributed by atoms with Crippen LogP contribution in [0.3, 0.4) is 0 Å². The van der Waals surface area contributed by atoms with Gasteiger partial charge in [-0.25, -0.2) is 0 Å². The Balaban J connectivity index is 2.00. The van der Waals surface area contributed by atoms with E-state index in [1.165, 1.54) is 11.1 Å². The van der Waals surface area contributed by atoms with Crippen LogP contribution < -0.4 is 0 Å². The summed E-state index contributed by atoms with van der Waals surface area (Å²) in [6.07, 6.45) is 3.36. The summed E-state index contributed by atoms with van der Waals surface area (Å²) in [6, 6.07) is 5.52. The van der Waals surface area contributed by atoms with Crippen LogP contribution in [-0.2, 0) is 22.4 Å². The first-order chi connectivity index (χ1) is 8.19. The van der Waals surface area contributed by atoms with Crippen molar-refractivity contribution in [2.24, 2.45) is 5.92 Å². The zero-order valence-electron chi connectivity index (χ0n) is 10.1. The van der Waals surface area contributed by atoms with Crippen LogP contribution in [0.15, 0.2) is 18.2 Å². The Morgan fingerprint density at radius 3 is 3.06 bits per heavy atom. The zero-order valence-corrected chi connectivity index (χ0v) is 10.1. The fourth-order valence-corrected chi connectivity index (χ4v) is 2.45. The van der Waals surface area contributed by atoms with Gasteiger partial charge in [-0.15, -0.1) is 0 Å². The number of aryl methyl sites for hydroxylation is 1. The van der Waals surface area contributed by atoms with E-state index in [1.807, 2.05) is 19.1 Å². The van der Waals surface area contributed by atoms with E-state index < -0.39 is 0 Å². The molecule has 0 saturated heterocycles. The number of aromatic hydroxyl groups is 1. The zero-order chi connectivity index (χ0) is 12.3. The highest BCUT2D eigenvalue weighted by atomic mass is 16.5. The van der Waals surface area contributed by atoms with Crippen LogP contribution in [0.5, 0.6) is 5.75 Å². The molecule has 92 valence electrons. The number of phenolic OH excluding ortho intramolecular Hbond substituents is 1. The van der Waals surface area contributed by atoms with Crippen molar-refractivity contribution in [1.29, 1.82) is 0 Å². The van der Waals surface area contributed by atoms with Crippen LogP contribution in [0.2, 0.25) is 0 Å². The maximum absolute atomic E-state index is 11.4. The summed E-state index contributed by atoms with van der Waals surface area (Å²) in [5, 5.41) is 9.45. The highest BCUT2D eigenvalue weighted by Gasteiger charge is 2.21. The van der Waals surface area contributed by atoms with Crippen molar-refractivity contribution in [3.63, 3.8) is 0 Å². The largest absolute Gasteiger partial charge is 0.508 e. The van der Waals surface area contributed by atoms with Crippen molar-refractivity contribution >= 4 is 5.97 Å². The molecule has 1 aromatic carbocycles. The summed E-state index contributed by atoms with van der Waals surface area (Å²) in [5.41, 5.74) is 2.47. The standard InChI is InChI=1S/C14H18O3/c1-2-17-14(16)8-10-3-4-11-5-6-13(15)9-12(11)7-10/h5-6,9-10,15H,2-4,7-8H2,1H3. The van der Waals surface area contributed by atoms with Gasteiger partial charge in [0.1, 0.15) is 5.75 Å². The molecule has 0 spiro atoms. The van der Waals surface area contributed by atoms with Crippen LogP contribution in [-0.4, -0.2) is 17.7 Å². The van der Waals surface area contributed by atoms with Gasteiger partial charge < -0.3 is 9.84 Å². The van der Waals surface area contributed by atoms with E-state index >= 15 is 0 Å². The molecule has 1 aromatic rings. The molecule has 0 aliphatic heterocycles. The molecule has 0 bridgehead atoms. The smallest absolute Gasteiger partial charge is 0.306 e. The van der Waals surface area contributed by atoms with Gasteiger partial charge in [0.2, 0.25) is 0 Å². The Hall–Kier alpha value is -1.51. The van der Waals surface area contributed by atoms with Crippen LogP contribution in [0, 0.1) is 5.92 Å². The Kier molecular flexibility index (Phi) is 3.67. The molecule has 1 aliphatic carbocycles. The molecule has 1 unspecified atom stereocenters. The predicted octanol–water partition coefficient (Wildman–Crippen LogP) is 2.45. The summed E-state index contributed by atoms with van der Waals surface area (Å²) in [6.45, 7) is 2.27. The van der Waals surface area contributed by atoms with E-state index in [0.29, 0.717) is 24.7 Å². The van der Waals surface area contributed by atoms with Crippen molar-refractivity contribution < 1.29 is 14.6 Å². The first-order valence-corrected chi connectivity index (χ1v) is 6.15. The fraction of sp³-hybridized carbons (Fsp3) is 0.500. The molecule has 0 amide bonds. The number of esters is 1. The molecule has 0 saturated carbocycles. The van der Waals surface area contributed by atoms with Gasteiger partial charge in [0.05, 0.1) is 6.61 Å². The first-order valence-electron chi connectivity index (χ1n) is 6.15. The Morgan fingerprint density at radius 1 is 1.47 bits per heavy atom. The second-order valence-electron chi connectivity index (χ2n) is 4.57. The average molecular weight is 234 g/mol. The maximum atomic E-state index is 11.4. The molecular weight excluding hydrogens is 216 g/mol. The molecule has 0 fully saturated rings. The summed E-state index contributed by atoms with van der Waals surface area (Å²) in [4.78, 5) is 11.4. The second-order valence-corrected chi connectivity index (χ2v) is 4.57. The number of carbonyl (C=O) groups is 1. The molecule has 1 atom stereocenters. The summed E-state index contributed by atoms with van der Waals surface area (Å²) in [5.74, 6) is 0.546. The third-order valence-corrected chi connectivity index (χ3v) is 3.28. The summed E-state index contributed by atoms with van der Waals surface area (Å²) < 4.78 is 4.97. The van der Waals surface area contributed by atoms with Gasteiger partial charge in [-0.05, 0) is 55.4 Å². The van der Waals surface area contributed by atoms with Gasteiger partial charge in [-0.1, -0.05) is 6.07 Å². The maximum Gasteiger partial charge on any atom is 0.306 e. The lowest BCUT2D eigenvalue weighted by atomic mass is 9.82. The highest BCUT2D eigenvalue weighted by molar-refractivity contribution is 5.69. The second kappa shape index (κ2) is 5.21. The van der Waals surface area contributed by atoms with Gasteiger partial charge >= 0.3 is 5.97 Å². The number of rotatable bonds is 3. The lowest BCUT2D eigenvalue weighted by molar-refractivity contribution is -0.144. The number of carbonyl (C=O) groups excluding carboxylic acids is 1. The fourth-order valence-electron chi connectivity index (χ4n) is 2.45. The summed E-state index contributed by atoms with van der Waals surface area (Å²) >= 11 is 0. The van der Waals surface area contributed by atoms with Crippen LogP contribution in [0.1, 0.15) is 30.9 Å². The molecule has 1 N–H and O–H groups in total. The summed E-state index contributed by atoms with van der Waals surface area (Å²) in [7, 11) is 0. The molecule has 0 heterocycles. The van der Waals surface area contributed by atoms with E-state index in [0.717, 1.165) is 19.3 Å². The normalized spacial score (nSPS) is 18.5. The third-order valence-electron chi connectivity index (χ3n) is 3.28. The van der Waals surface area contributed by atoms with Crippen LogP contribution >= 0.6 is 0 Å². The Labute approximate surface area is 101 Å². The minimum Gasteiger partial charge on any atom is -0.508 e. The average Bonchev–Trinajstić information content (AvgIpc) is 2.28. The van der Waals surface area contributed by atoms with Crippen LogP contribution in [0.25, 0.3) is 0 Å². The van der Waals surface area contributed by atoms with E-state index in [1.54, 1.807) is 6.07 Å². The first kappa shape index (κ1) is 12.0. The Morgan fingerprint density at radius 2 is 2.29 bits per heavy atom. The van der Waals surface area contributed by atoms with E-state index in [2.05, 4.69) is 0 Å². The van der Waals surface area contributed by atoms with E-state index in [-0.39, 0.29) is 5.97 Å². The quantitative estimate of drug-likeness (QED) is 0.817. The molecule has 3 nitrogen and oxygen atoms in total. The number of hydrogen-bond donors (Lipinski definition) is 1. The number of phenols is 1. The molecule has 2 rings (SSSR count). The number of fused-ring (bicyclic) bond motifs is 1. The van der Waals surface area contributed by atoms with E-state index in [9.17, 15) is 9.90 Å². The number of benzene rings is 1. The number of hydrogen-bond acceptors (Lipinski definition) is 3. The minimum atomic E-state index is -0.110. The molecule has 1 aliphatic rings. The predicted molar refractivity (Wildman–Crippen MR) is 64.9 cm³/mol. The van der Waals surface area contributed by atoms with Gasteiger partial charge in [0.15, 0.2) is 0 Å². The third kappa shape index (κ3) is 2.99. The van der Waals surface area contributed by atoms with Gasteiger partial charge in [-0.2, -0.15) is 0 Å². The van der Waals surface area contributed by atoms with Crippen molar-refractivity contribution in [2.45, 2.75) is 32.6 Å². The van der Waals surface area contributed by atoms with Crippen molar-refractivity contribution in [1.82, 2.24) is 0 Å². The van der Waals surface area contributed by atoms with E-state index in [4.69, 9.17) is 4.74 Å². The molecule has 17 heavy (non-hydrogen) atoms. The lowest BCUT2D eigenvalue weighted by Crippen LogP contribution is -2.18. The Bertz CT molecular complexity index is 412. The topological polar surface area (TPSA) is 46.5 Å². The van der Waals surface area contributed by atoms with Crippen molar-refractivity contribution in [2.75, 3.05) is 6.61 Å². The molecular formula is C14H18O3. The minimum absolute atomic E-state index is 0.110. The monoisotopic (exact) mass is 234 g/mol.